The number of hydrogen-bond donors (Lipinski definition) is 4. The number of aromatic nitrogens is 1. The molecule has 2 saturated heterocycles. The number of rotatable bonds is 23. The molecule has 0 saturated carbocycles. The second kappa shape index (κ2) is 25.8. The number of benzene rings is 5. The summed E-state index contributed by atoms with van der Waals surface area (Å²) in [7, 11) is -19.2. The summed E-state index contributed by atoms with van der Waals surface area (Å²) in [5.41, 5.74) is -2.58. The predicted molar refractivity (Wildman–Crippen MR) is 307 cm³/mol. The van der Waals surface area contributed by atoms with Gasteiger partial charge in [0.15, 0.2) is 16.6 Å². The summed E-state index contributed by atoms with van der Waals surface area (Å²) < 4.78 is 165. The van der Waals surface area contributed by atoms with Crippen molar-refractivity contribution in [1.82, 2.24) is 9.47 Å². The maximum Gasteiger partial charge on any atom is 0.501 e. The third-order valence-electron chi connectivity index (χ3n) is 14.1. The average molecular weight is 1240 g/mol. The van der Waals surface area contributed by atoms with Crippen molar-refractivity contribution in [3.8, 4) is 11.1 Å². The van der Waals surface area contributed by atoms with Gasteiger partial charge in [-0.05, 0) is 136 Å². The minimum Gasteiger partial charge on any atom is -0.380 e. The monoisotopic (exact) mass is 1240 g/mol. The number of alkyl halides is 3. The lowest BCUT2D eigenvalue weighted by Crippen LogP contribution is -2.46. The number of thioether (sulfide) groups is 1. The zero-order valence-electron chi connectivity index (χ0n) is 44.3. The molecule has 81 heavy (non-hydrogen) atoms. The van der Waals surface area contributed by atoms with Gasteiger partial charge in [0, 0.05) is 114 Å². The van der Waals surface area contributed by atoms with Crippen LogP contribution < -0.4 is 19.8 Å². The van der Waals surface area contributed by atoms with Gasteiger partial charge in [0.2, 0.25) is 0 Å². The smallest absolute Gasteiger partial charge is 0.380 e. The third-order valence-corrected chi connectivity index (χ3v) is 20.1. The van der Waals surface area contributed by atoms with Gasteiger partial charge in [-0.25, -0.2) is 34.2 Å². The van der Waals surface area contributed by atoms with E-state index in [1.165, 1.54) is 36.0 Å². The Balaban J connectivity index is 0.935. The molecule has 438 valence electrons. The lowest BCUT2D eigenvalue weighted by molar-refractivity contribution is -0.0677. The van der Waals surface area contributed by atoms with Crippen LogP contribution in [0.15, 0.2) is 141 Å². The highest BCUT2D eigenvalue weighted by molar-refractivity contribution is 7.99. The highest BCUT2D eigenvalue weighted by Gasteiger charge is 2.48. The Bertz CT molecular complexity index is 3550. The van der Waals surface area contributed by atoms with Gasteiger partial charge in [0.1, 0.15) is 10.7 Å². The minimum absolute atomic E-state index is 0.0482. The maximum atomic E-state index is 15.5. The SMILES string of the molecule is Cc1c(S(C)(=O)=O)c(-c2cc(F)cc(N3CCN(c4ccc(NS(=O)(=O)c5ccc(NC(CCN6CCC(OCOP(=O)(O)O)CC6)CSc6ccccc6)c(S(=O)(=O)C(F)(F)F)c5)cc4)CC3)c2)cn1C(C)Cc1ccc(Cl)cc1. The first-order chi connectivity index (χ1) is 38.1. The van der Waals surface area contributed by atoms with E-state index in [1.807, 2.05) is 63.8 Å². The fourth-order valence-electron chi connectivity index (χ4n) is 9.99. The van der Waals surface area contributed by atoms with Crippen LogP contribution >= 0.6 is 31.2 Å². The van der Waals surface area contributed by atoms with Crippen molar-refractivity contribution in [2.45, 2.75) is 82.8 Å². The molecule has 17 nitrogen and oxygen atoms in total. The van der Waals surface area contributed by atoms with Crippen molar-refractivity contribution in [1.29, 1.82) is 0 Å². The average Bonchev–Trinajstić information content (AvgIpc) is 3.91. The lowest BCUT2D eigenvalue weighted by atomic mass is 10.1. The molecule has 4 N–H and O–H groups in total. The number of halogens is 5. The van der Waals surface area contributed by atoms with E-state index < -0.39 is 77.2 Å². The second-order valence-electron chi connectivity index (χ2n) is 19.9. The van der Waals surface area contributed by atoms with Gasteiger partial charge < -0.3 is 39.1 Å². The zero-order valence-corrected chi connectivity index (χ0v) is 49.2. The number of piperidine rings is 1. The van der Waals surface area contributed by atoms with Gasteiger partial charge in [-0.1, -0.05) is 41.9 Å². The zero-order chi connectivity index (χ0) is 58.5. The minimum atomic E-state index is -6.11. The summed E-state index contributed by atoms with van der Waals surface area (Å²) in [5, 5.41) is 3.59. The lowest BCUT2D eigenvalue weighted by Gasteiger charge is -2.37. The van der Waals surface area contributed by atoms with Gasteiger partial charge in [-0.2, -0.15) is 13.2 Å². The molecule has 2 unspecified atom stereocenters. The Hall–Kier alpha value is -5.18. The van der Waals surface area contributed by atoms with E-state index in [1.54, 1.807) is 43.5 Å². The fourth-order valence-corrected chi connectivity index (χ4v) is 14.6. The Morgan fingerprint density at radius 1 is 0.827 bits per heavy atom. The van der Waals surface area contributed by atoms with E-state index in [9.17, 15) is 43.0 Å². The summed E-state index contributed by atoms with van der Waals surface area (Å²) in [5.74, 6) is -0.257. The van der Waals surface area contributed by atoms with Crippen molar-refractivity contribution in [2.24, 2.45) is 0 Å². The molecule has 0 radical (unpaired) electrons. The normalized spacial score (nSPS) is 16.1. The molecule has 2 fully saturated rings. The van der Waals surface area contributed by atoms with E-state index >= 15 is 4.39 Å². The fraction of sp³-hybridized carbons (Fsp3) is 0.370. The van der Waals surface area contributed by atoms with E-state index in [2.05, 4.69) is 19.5 Å². The molecule has 3 heterocycles. The molecule has 0 amide bonds. The van der Waals surface area contributed by atoms with E-state index in [0.717, 1.165) is 28.8 Å². The first-order valence-electron chi connectivity index (χ1n) is 25.7. The van der Waals surface area contributed by atoms with Gasteiger partial charge in [0.25, 0.3) is 19.9 Å². The van der Waals surface area contributed by atoms with Crippen LogP contribution in [0.1, 0.15) is 43.5 Å². The van der Waals surface area contributed by atoms with Gasteiger partial charge >= 0.3 is 13.3 Å². The van der Waals surface area contributed by atoms with Gasteiger partial charge in [-0.3, -0.25) is 9.25 Å². The number of sulfone groups is 2. The summed E-state index contributed by atoms with van der Waals surface area (Å²) in [6, 6.07) is 29.1. The summed E-state index contributed by atoms with van der Waals surface area (Å²) in [4.78, 5) is 22.9. The van der Waals surface area contributed by atoms with Crippen LogP contribution in [0, 0.1) is 12.7 Å². The van der Waals surface area contributed by atoms with E-state index in [4.69, 9.17) is 26.1 Å². The Morgan fingerprint density at radius 2 is 1.47 bits per heavy atom. The molecule has 8 rings (SSSR count). The van der Waals surface area contributed by atoms with Crippen molar-refractivity contribution in [3.05, 3.63) is 144 Å². The number of sulfonamides is 1. The molecule has 6 aromatic rings. The van der Waals surface area contributed by atoms with Gasteiger partial charge in [0.05, 0.1) is 21.6 Å². The van der Waals surface area contributed by atoms with Crippen molar-refractivity contribution < 1.29 is 66.4 Å². The van der Waals surface area contributed by atoms with Crippen LogP contribution in [0.5, 0.6) is 0 Å². The van der Waals surface area contributed by atoms with Gasteiger partial charge in [-0.15, -0.1) is 11.8 Å². The molecule has 27 heteroatoms. The molecule has 2 aliphatic rings. The van der Waals surface area contributed by atoms with E-state index in [-0.39, 0.29) is 28.5 Å². The first-order valence-corrected chi connectivity index (χ1v) is 33.4. The summed E-state index contributed by atoms with van der Waals surface area (Å²) in [6.45, 7) is 6.41. The van der Waals surface area contributed by atoms with Crippen LogP contribution in [-0.2, 0) is 49.9 Å². The molecular formula is C54H62ClF4N6O11PS4. The van der Waals surface area contributed by atoms with Crippen molar-refractivity contribution in [2.75, 3.05) is 84.5 Å². The molecule has 5 aromatic carbocycles. The summed E-state index contributed by atoms with van der Waals surface area (Å²) >= 11 is 7.48. The highest BCUT2D eigenvalue weighted by atomic mass is 35.5. The number of nitrogens with zero attached hydrogens (tertiary/aromatic N) is 4. The quantitative estimate of drug-likeness (QED) is 0.0203. The summed E-state index contributed by atoms with van der Waals surface area (Å²) in [6.07, 6.45) is 4.51. The van der Waals surface area contributed by atoms with Crippen LogP contribution in [0.2, 0.25) is 5.02 Å². The van der Waals surface area contributed by atoms with Crippen molar-refractivity contribution >= 4 is 83.6 Å². The molecule has 0 bridgehead atoms. The highest BCUT2D eigenvalue weighted by Crippen LogP contribution is 2.40. The molecule has 2 aliphatic heterocycles. The number of likely N-dealkylation sites (tertiary alicyclic amines) is 1. The number of phosphoric acid groups is 1. The Labute approximate surface area is 478 Å². The first kappa shape index (κ1) is 61.9. The van der Waals surface area contributed by atoms with Crippen LogP contribution in [-0.4, -0.2) is 127 Å². The molecule has 1 aromatic heterocycles. The second-order valence-corrected chi connectivity index (χ2v) is 28.3. The molecule has 0 aliphatic carbocycles. The number of anilines is 4. The topological polar surface area (TPSA) is 217 Å². The number of piperazine rings is 1. The number of phosphoric ester groups is 1. The number of nitrogens with one attached hydrogen (secondary N) is 2. The third kappa shape index (κ3) is 16.1. The van der Waals surface area contributed by atoms with Crippen LogP contribution in [0.3, 0.4) is 0 Å². The van der Waals surface area contributed by atoms with Crippen molar-refractivity contribution in [3.63, 3.8) is 0 Å². The number of ether oxygens (including phenoxy) is 1. The Morgan fingerprint density at radius 3 is 2.09 bits per heavy atom. The number of hydrogen-bond acceptors (Lipinski definition) is 14. The largest absolute Gasteiger partial charge is 0.501 e. The van der Waals surface area contributed by atoms with E-state index in [0.29, 0.717) is 111 Å². The maximum absolute atomic E-state index is 15.5. The predicted octanol–water partition coefficient (Wildman–Crippen LogP) is 10.4. The van der Waals surface area contributed by atoms with Crippen LogP contribution in [0.25, 0.3) is 11.1 Å². The molecule has 2 atom stereocenters. The molecular weight excluding hydrogens is 1180 g/mol. The molecule has 0 spiro atoms. The Kier molecular flexibility index (Phi) is 19.7. The standard InChI is InChI=1S/C54H62ClF4N6O11PS4/c1-37(29-39-9-11-41(55)12-10-39)65-34-50(53(38(65)2)79(3,69)70)40-30-42(56)32-46(31-40)64-27-25-63(26-28-64)45-15-13-43(14-16-45)61-81(73,74)49-17-18-51(52(33-49)80(71,72)54(57,58)59)60-44(35-78-48-7-5-4-6-8-48)19-22-62-23-20-47(21-24-62)75-36-76-77(66,67)68/h4-18,30-34,37,44,47,60-61H,19-29,35-36H2,1-3H3,(H2,66,67,68). The van der Waals surface area contributed by atoms with Crippen LogP contribution in [0.4, 0.5) is 40.3 Å².